The third-order valence-corrected chi connectivity index (χ3v) is 6.39. The molecule has 1 N–H and O–H groups in total. The number of pyridine rings is 1. The van der Waals surface area contributed by atoms with Gasteiger partial charge < -0.3 is 10.1 Å². The highest BCUT2D eigenvalue weighted by Gasteiger charge is 2.30. The van der Waals surface area contributed by atoms with E-state index in [1.807, 2.05) is 17.5 Å². The number of hydrogen-bond acceptors (Lipinski definition) is 3. The van der Waals surface area contributed by atoms with Gasteiger partial charge in [0.15, 0.2) is 0 Å². The van der Waals surface area contributed by atoms with E-state index in [2.05, 4.69) is 22.4 Å². The molecule has 35 heavy (non-hydrogen) atoms. The second-order valence-corrected chi connectivity index (χ2v) is 8.82. The van der Waals surface area contributed by atoms with Crippen LogP contribution in [0.2, 0.25) is 0 Å². The molecule has 1 amide bonds. The second kappa shape index (κ2) is 9.09. The fourth-order valence-electron chi connectivity index (χ4n) is 4.26. The fraction of sp³-hybridized carbons (Fsp3) is 0.259. The summed E-state index contributed by atoms with van der Waals surface area (Å²) in [6.07, 6.45) is 1.15. The van der Waals surface area contributed by atoms with Gasteiger partial charge in [-0.05, 0) is 79.3 Å². The summed E-state index contributed by atoms with van der Waals surface area (Å²) in [6, 6.07) is 15.7. The van der Waals surface area contributed by atoms with E-state index in [1.54, 1.807) is 24.3 Å². The van der Waals surface area contributed by atoms with E-state index in [4.69, 9.17) is 4.74 Å². The Balaban J connectivity index is 1.23. The molecule has 8 heteroatoms. The Kier molecular flexibility index (Phi) is 5.96. The molecule has 1 aliphatic rings. The summed E-state index contributed by atoms with van der Waals surface area (Å²) in [6.45, 7) is 2.11. The Hall–Kier alpha value is -3.81. The maximum Gasteiger partial charge on any atom is 0.416 e. The van der Waals surface area contributed by atoms with Gasteiger partial charge in [0, 0.05) is 12.7 Å². The lowest BCUT2D eigenvalue weighted by molar-refractivity contribution is -0.137. The highest BCUT2D eigenvalue weighted by molar-refractivity contribution is 5.94. The van der Waals surface area contributed by atoms with Gasteiger partial charge in [-0.1, -0.05) is 24.6 Å². The van der Waals surface area contributed by atoms with Crippen LogP contribution in [0.4, 0.5) is 13.2 Å². The van der Waals surface area contributed by atoms with Crippen molar-refractivity contribution in [1.82, 2.24) is 14.7 Å². The molecule has 4 aromatic rings. The smallest absolute Gasteiger partial charge is 0.416 e. The van der Waals surface area contributed by atoms with Gasteiger partial charge in [0.25, 0.3) is 5.91 Å². The van der Waals surface area contributed by atoms with Crippen molar-refractivity contribution < 1.29 is 22.7 Å². The Morgan fingerprint density at radius 2 is 1.86 bits per heavy atom. The van der Waals surface area contributed by atoms with E-state index < -0.39 is 11.7 Å². The molecule has 180 valence electrons. The highest BCUT2D eigenvalue weighted by atomic mass is 19.4. The SMILES string of the molecule is Cc1nc2cc(C3CCC3)ccn2c1C(=O)NCc1ccc(Oc2cccc(C(F)(F)F)c2)cc1. The van der Waals surface area contributed by atoms with Crippen LogP contribution in [-0.2, 0) is 12.7 Å². The van der Waals surface area contributed by atoms with Gasteiger partial charge >= 0.3 is 6.18 Å². The number of ether oxygens (including phenoxy) is 1. The summed E-state index contributed by atoms with van der Waals surface area (Å²) in [5, 5.41) is 2.92. The van der Waals surface area contributed by atoms with Gasteiger partial charge in [-0.3, -0.25) is 9.20 Å². The van der Waals surface area contributed by atoms with Crippen LogP contribution >= 0.6 is 0 Å². The maximum absolute atomic E-state index is 12.9. The molecule has 5 nitrogen and oxygen atoms in total. The van der Waals surface area contributed by atoms with E-state index in [0.29, 0.717) is 23.1 Å². The topological polar surface area (TPSA) is 55.6 Å². The minimum absolute atomic E-state index is 0.101. The van der Waals surface area contributed by atoms with Crippen LogP contribution in [0.1, 0.15) is 58.1 Å². The molecule has 2 aromatic heterocycles. The van der Waals surface area contributed by atoms with Crippen LogP contribution in [0.15, 0.2) is 66.9 Å². The number of aryl methyl sites for hydroxylation is 1. The molecule has 0 atom stereocenters. The molecule has 1 saturated carbocycles. The summed E-state index contributed by atoms with van der Waals surface area (Å²) >= 11 is 0. The van der Waals surface area contributed by atoms with Gasteiger partial charge in [0.05, 0.1) is 11.3 Å². The number of halogens is 3. The molecule has 0 radical (unpaired) electrons. The number of carbonyl (C=O) groups excluding carboxylic acids is 1. The molecule has 0 spiro atoms. The zero-order chi connectivity index (χ0) is 24.6. The number of imidazole rings is 1. The molecule has 1 fully saturated rings. The van der Waals surface area contributed by atoms with Gasteiger partial charge in [-0.25, -0.2) is 4.98 Å². The molecule has 2 heterocycles. The van der Waals surface area contributed by atoms with Crippen LogP contribution < -0.4 is 10.1 Å². The van der Waals surface area contributed by atoms with Crippen molar-refractivity contribution in [2.45, 2.75) is 44.8 Å². The molecule has 0 unspecified atom stereocenters. The average Bonchev–Trinajstić information content (AvgIpc) is 3.12. The Morgan fingerprint density at radius 1 is 1.09 bits per heavy atom. The molecule has 0 aliphatic heterocycles. The lowest BCUT2D eigenvalue weighted by atomic mass is 9.80. The van der Waals surface area contributed by atoms with Gasteiger partial charge in [-0.2, -0.15) is 13.2 Å². The Labute approximate surface area is 200 Å². The maximum atomic E-state index is 12.9. The number of hydrogen-bond donors (Lipinski definition) is 1. The largest absolute Gasteiger partial charge is 0.457 e. The predicted octanol–water partition coefficient (Wildman–Crippen LogP) is 6.65. The summed E-state index contributed by atoms with van der Waals surface area (Å²) < 4.78 is 46.1. The van der Waals surface area contributed by atoms with Crippen LogP contribution in [0, 0.1) is 6.92 Å². The molecular weight excluding hydrogens is 455 g/mol. The first-order chi connectivity index (χ1) is 16.8. The molecule has 2 aromatic carbocycles. The fourth-order valence-corrected chi connectivity index (χ4v) is 4.26. The number of nitrogens with one attached hydrogen (secondary N) is 1. The van der Waals surface area contributed by atoms with Crippen LogP contribution in [-0.4, -0.2) is 15.3 Å². The Bertz CT molecular complexity index is 1370. The zero-order valence-corrected chi connectivity index (χ0v) is 19.1. The lowest BCUT2D eigenvalue weighted by Gasteiger charge is -2.25. The number of fused-ring (bicyclic) bond motifs is 1. The first kappa shape index (κ1) is 23.0. The first-order valence-electron chi connectivity index (χ1n) is 11.5. The van der Waals surface area contributed by atoms with Crippen molar-refractivity contribution in [3.8, 4) is 11.5 Å². The van der Waals surface area contributed by atoms with Crippen molar-refractivity contribution in [1.29, 1.82) is 0 Å². The van der Waals surface area contributed by atoms with Crippen molar-refractivity contribution in [2.75, 3.05) is 0 Å². The van der Waals surface area contributed by atoms with Gasteiger partial charge in [-0.15, -0.1) is 0 Å². The minimum Gasteiger partial charge on any atom is -0.457 e. The second-order valence-electron chi connectivity index (χ2n) is 8.82. The van der Waals surface area contributed by atoms with E-state index in [-0.39, 0.29) is 18.2 Å². The number of benzene rings is 2. The number of nitrogens with zero attached hydrogens (tertiary/aromatic N) is 2. The average molecular weight is 480 g/mol. The molecular formula is C27H24F3N3O2. The van der Waals surface area contributed by atoms with Crippen LogP contribution in [0.5, 0.6) is 11.5 Å². The number of amides is 1. The van der Waals surface area contributed by atoms with Crippen LogP contribution in [0.25, 0.3) is 5.65 Å². The van der Waals surface area contributed by atoms with E-state index in [9.17, 15) is 18.0 Å². The first-order valence-corrected chi connectivity index (χ1v) is 11.5. The quantitative estimate of drug-likeness (QED) is 0.337. The van der Waals surface area contributed by atoms with Gasteiger partial charge in [0.1, 0.15) is 22.8 Å². The summed E-state index contributed by atoms with van der Waals surface area (Å²) in [7, 11) is 0. The predicted molar refractivity (Wildman–Crippen MR) is 126 cm³/mol. The highest BCUT2D eigenvalue weighted by Crippen LogP contribution is 2.36. The third-order valence-electron chi connectivity index (χ3n) is 6.39. The summed E-state index contributed by atoms with van der Waals surface area (Å²) in [5.74, 6) is 0.870. The zero-order valence-electron chi connectivity index (χ0n) is 19.1. The third kappa shape index (κ3) is 4.87. The summed E-state index contributed by atoms with van der Waals surface area (Å²) in [4.78, 5) is 17.5. The number of carbonyl (C=O) groups is 1. The Morgan fingerprint density at radius 3 is 2.54 bits per heavy atom. The molecule has 0 saturated heterocycles. The van der Waals surface area contributed by atoms with Crippen molar-refractivity contribution in [3.05, 3.63) is 94.9 Å². The van der Waals surface area contributed by atoms with E-state index in [0.717, 1.165) is 23.3 Å². The number of rotatable bonds is 6. The van der Waals surface area contributed by atoms with Crippen molar-refractivity contribution in [2.24, 2.45) is 0 Å². The minimum atomic E-state index is -4.43. The molecule has 1 aliphatic carbocycles. The number of alkyl halides is 3. The van der Waals surface area contributed by atoms with Crippen molar-refractivity contribution >= 4 is 11.6 Å². The monoisotopic (exact) mass is 479 g/mol. The van der Waals surface area contributed by atoms with Gasteiger partial charge in [0.2, 0.25) is 0 Å². The normalized spacial score (nSPS) is 14.1. The van der Waals surface area contributed by atoms with E-state index in [1.165, 1.54) is 37.0 Å². The lowest BCUT2D eigenvalue weighted by Crippen LogP contribution is -2.25. The summed E-state index contributed by atoms with van der Waals surface area (Å²) in [5.41, 5.74) is 3.27. The van der Waals surface area contributed by atoms with Crippen LogP contribution in [0.3, 0.4) is 0 Å². The molecule has 0 bridgehead atoms. The molecule has 5 rings (SSSR count). The standard InChI is InChI=1S/C27H24F3N3O2/c1-17-25(33-13-12-20(14-24(33)32-17)19-4-2-5-19)26(34)31-16-18-8-10-22(11-9-18)35-23-7-3-6-21(15-23)27(28,29)30/h3,6-15,19H,2,4-5,16H2,1H3,(H,31,34). The van der Waals surface area contributed by atoms with E-state index >= 15 is 0 Å². The van der Waals surface area contributed by atoms with Crippen molar-refractivity contribution in [3.63, 3.8) is 0 Å². The number of aromatic nitrogens is 2.